The summed E-state index contributed by atoms with van der Waals surface area (Å²) >= 11 is 0. The third kappa shape index (κ3) is 3.29. The van der Waals surface area contributed by atoms with Gasteiger partial charge >= 0.3 is 0 Å². The predicted molar refractivity (Wildman–Crippen MR) is 132 cm³/mol. The fraction of sp³-hybridized carbons (Fsp3) is 0.800. The van der Waals surface area contributed by atoms with Crippen LogP contribution in [-0.4, -0.2) is 26.4 Å². The van der Waals surface area contributed by atoms with Crippen LogP contribution >= 0.6 is 0 Å². The average molecular weight is 474 g/mol. The Morgan fingerprint density at radius 1 is 1.09 bits per heavy atom. The quantitative estimate of drug-likeness (QED) is 0.605. The van der Waals surface area contributed by atoms with Gasteiger partial charge in [-0.2, -0.15) is 10.4 Å². The van der Waals surface area contributed by atoms with Crippen molar-refractivity contribution in [2.24, 2.45) is 52.8 Å². The van der Waals surface area contributed by atoms with Gasteiger partial charge in [-0.25, -0.2) is 4.79 Å². The first-order valence-corrected chi connectivity index (χ1v) is 14.3. The zero-order valence-electron chi connectivity index (χ0n) is 21.2. The monoisotopic (exact) mass is 473 g/mol. The summed E-state index contributed by atoms with van der Waals surface area (Å²) in [4.78, 5) is 12.5. The normalized spacial score (nSPS) is 47.5. The van der Waals surface area contributed by atoms with Gasteiger partial charge in [-0.3, -0.25) is 4.68 Å². The number of hydrogen-bond donors (Lipinski definition) is 1. The molecule has 0 saturated heterocycles. The van der Waals surface area contributed by atoms with E-state index in [1.165, 1.54) is 38.5 Å². The highest BCUT2D eigenvalue weighted by Gasteiger charge is 2.70. The number of hydrogen-bond acceptors (Lipinski definition) is 4. The summed E-state index contributed by atoms with van der Waals surface area (Å²) in [7, 11) is 0. The molecule has 1 heterocycles. The first-order valence-electron chi connectivity index (χ1n) is 14.3. The highest BCUT2D eigenvalue weighted by molar-refractivity contribution is 5.55. The van der Waals surface area contributed by atoms with Gasteiger partial charge in [0.05, 0.1) is 29.6 Å². The molecular formula is C30H39N3O2. The topological polar surface area (TPSA) is 78.9 Å². The summed E-state index contributed by atoms with van der Waals surface area (Å²) in [5, 5.41) is 24.8. The van der Waals surface area contributed by atoms with E-state index >= 15 is 0 Å². The Balaban J connectivity index is 1.16. The zero-order chi connectivity index (χ0) is 24.1. The van der Waals surface area contributed by atoms with Gasteiger partial charge in [-0.05, 0) is 118 Å². The molecule has 7 rings (SSSR count). The number of aliphatic hydroxyl groups is 1. The molecule has 6 fully saturated rings. The Morgan fingerprint density at radius 3 is 2.63 bits per heavy atom. The van der Waals surface area contributed by atoms with Crippen LogP contribution in [0, 0.1) is 64.1 Å². The van der Waals surface area contributed by atoms with Gasteiger partial charge in [0.25, 0.3) is 0 Å². The molecule has 6 aliphatic rings. The Kier molecular flexibility index (Phi) is 4.82. The van der Waals surface area contributed by atoms with E-state index in [2.05, 4.69) is 24.0 Å². The highest BCUT2D eigenvalue weighted by atomic mass is 16.3. The zero-order valence-corrected chi connectivity index (χ0v) is 21.2. The third-order valence-electron chi connectivity index (χ3n) is 11.8. The molecule has 0 aliphatic heterocycles. The number of nitrogens with zero attached hydrogens (tertiary/aromatic N) is 3. The maximum Gasteiger partial charge on any atom is 0.125 e. The van der Waals surface area contributed by atoms with E-state index < -0.39 is 5.60 Å². The molecule has 5 heteroatoms. The fourth-order valence-electron chi connectivity index (χ4n) is 10.5. The van der Waals surface area contributed by atoms with Crippen LogP contribution in [0.3, 0.4) is 0 Å². The first kappa shape index (κ1) is 22.3. The van der Waals surface area contributed by atoms with Crippen molar-refractivity contribution in [1.82, 2.24) is 9.78 Å². The lowest BCUT2D eigenvalue weighted by Crippen LogP contribution is -2.51. The van der Waals surface area contributed by atoms with Crippen LogP contribution in [0.15, 0.2) is 11.8 Å². The smallest absolute Gasteiger partial charge is 0.125 e. The molecule has 5 nitrogen and oxygen atoms in total. The predicted octanol–water partition coefficient (Wildman–Crippen LogP) is 5.27. The van der Waals surface area contributed by atoms with Crippen molar-refractivity contribution >= 4 is 5.94 Å². The number of fused-ring (bicyclic) bond motifs is 7. The Hall–Kier alpha value is -1.89. The van der Waals surface area contributed by atoms with Crippen LogP contribution in [0.2, 0.25) is 0 Å². The molecular weight excluding hydrogens is 434 g/mol. The number of aromatic nitrogens is 2. The van der Waals surface area contributed by atoms with Crippen molar-refractivity contribution in [1.29, 1.82) is 5.26 Å². The number of rotatable bonds is 4. The summed E-state index contributed by atoms with van der Waals surface area (Å²) in [6.45, 7) is 5.07. The van der Waals surface area contributed by atoms with Gasteiger partial charge in [-0.15, -0.1) is 0 Å². The van der Waals surface area contributed by atoms with Crippen molar-refractivity contribution in [3.8, 4) is 6.07 Å². The van der Waals surface area contributed by atoms with Gasteiger partial charge in [-0.1, -0.05) is 6.92 Å². The molecule has 0 unspecified atom stereocenters. The lowest BCUT2D eigenvalue weighted by molar-refractivity contribution is -0.104. The Bertz CT molecular complexity index is 1130. The summed E-state index contributed by atoms with van der Waals surface area (Å²) in [6.07, 6.45) is 13.5. The minimum Gasteiger partial charge on any atom is -0.390 e. The van der Waals surface area contributed by atoms with Crippen LogP contribution in [0.4, 0.5) is 0 Å². The van der Waals surface area contributed by atoms with Crippen LogP contribution in [0.25, 0.3) is 0 Å². The summed E-state index contributed by atoms with van der Waals surface area (Å²) < 4.78 is 1.97. The number of allylic oxidation sites excluding steroid dienone is 1. The molecule has 6 saturated carbocycles. The maximum atomic E-state index is 12.5. The molecule has 0 aromatic carbocycles. The van der Waals surface area contributed by atoms with E-state index in [0.717, 1.165) is 66.5 Å². The van der Waals surface area contributed by atoms with Gasteiger partial charge in [0.2, 0.25) is 0 Å². The van der Waals surface area contributed by atoms with Crippen LogP contribution in [-0.2, 0) is 11.3 Å². The van der Waals surface area contributed by atoms with Crippen molar-refractivity contribution in [2.45, 2.75) is 96.1 Å². The van der Waals surface area contributed by atoms with E-state index in [4.69, 9.17) is 0 Å². The van der Waals surface area contributed by atoms with Gasteiger partial charge in [0.15, 0.2) is 0 Å². The minimum atomic E-state index is -0.460. The average Bonchev–Trinajstić information content (AvgIpc) is 3.75. The Morgan fingerprint density at radius 2 is 1.89 bits per heavy atom. The van der Waals surface area contributed by atoms with E-state index in [1.807, 2.05) is 11.6 Å². The molecule has 186 valence electrons. The molecule has 6 aliphatic carbocycles. The van der Waals surface area contributed by atoms with E-state index in [9.17, 15) is 15.2 Å². The van der Waals surface area contributed by atoms with Crippen LogP contribution in [0.5, 0.6) is 0 Å². The maximum absolute atomic E-state index is 12.5. The number of carbonyl (C=O) groups excluding carboxylic acids is 1. The molecule has 0 amide bonds. The summed E-state index contributed by atoms with van der Waals surface area (Å²) in [5.41, 5.74) is 2.37. The largest absolute Gasteiger partial charge is 0.390 e. The molecule has 0 radical (unpaired) electrons. The lowest BCUT2D eigenvalue weighted by atomic mass is 9.47. The number of nitriles is 1. The molecule has 10 atom stereocenters. The van der Waals surface area contributed by atoms with Gasteiger partial charge in [0.1, 0.15) is 12.0 Å². The van der Waals surface area contributed by atoms with Crippen molar-refractivity contribution in [2.75, 3.05) is 0 Å². The molecule has 35 heavy (non-hydrogen) atoms. The second-order valence-corrected chi connectivity index (χ2v) is 13.8. The molecule has 1 aromatic heterocycles. The van der Waals surface area contributed by atoms with Crippen molar-refractivity contribution in [3.05, 3.63) is 23.0 Å². The first-order chi connectivity index (χ1) is 16.8. The molecule has 1 N–H and O–H groups in total. The van der Waals surface area contributed by atoms with Gasteiger partial charge < -0.3 is 5.11 Å². The van der Waals surface area contributed by atoms with E-state index in [-0.39, 0.29) is 5.41 Å². The molecule has 0 spiro atoms. The SMILES string of the molecule is C[C@@]1(O)CC[C@H]2[C@H](CC[C@@H]3[C@@H]2CC[C@@]2(C)[C@H]3[C@@H]3C[C@@H]3[C@@H]2C(=C=O)Cn2ncc(C#N)c2C2CC2)C1. The van der Waals surface area contributed by atoms with E-state index in [0.29, 0.717) is 35.8 Å². The Labute approximate surface area is 209 Å². The van der Waals surface area contributed by atoms with Crippen LogP contribution in [0.1, 0.15) is 95.2 Å². The third-order valence-corrected chi connectivity index (χ3v) is 11.8. The fourth-order valence-corrected chi connectivity index (χ4v) is 10.5. The second kappa shape index (κ2) is 7.56. The standard InChI is InChI=1S/C30H39N3O2/c1-29(35)9-7-21-18(12-29)5-6-23-22(21)8-10-30(2)26(24-11-25(24)27(23)30)20(16-34)15-33-28(17-3-4-17)19(13-31)14-32-33/h14,17-18,21-27,35H,3-12,15H2,1-2H3/t18-,21+,22-,23-,24+,25-,26+,27-,29-,30-/m1/s1. The van der Waals surface area contributed by atoms with Crippen LogP contribution < -0.4 is 0 Å². The van der Waals surface area contributed by atoms with Gasteiger partial charge in [0, 0.05) is 17.4 Å². The summed E-state index contributed by atoms with van der Waals surface area (Å²) in [5.74, 6) is 8.46. The minimum absolute atomic E-state index is 0.194. The molecule has 1 aromatic rings. The highest BCUT2D eigenvalue weighted by Crippen LogP contribution is 2.75. The summed E-state index contributed by atoms with van der Waals surface area (Å²) in [6, 6.07) is 2.32. The van der Waals surface area contributed by atoms with Crippen molar-refractivity contribution in [3.63, 3.8) is 0 Å². The molecule has 0 bridgehead atoms. The van der Waals surface area contributed by atoms with Crippen molar-refractivity contribution < 1.29 is 9.90 Å². The lowest BCUT2D eigenvalue weighted by Gasteiger charge is -2.58. The second-order valence-electron chi connectivity index (χ2n) is 13.8. The van der Waals surface area contributed by atoms with E-state index in [1.54, 1.807) is 6.20 Å².